The van der Waals surface area contributed by atoms with Crippen molar-refractivity contribution >= 4 is 53.5 Å². The van der Waals surface area contributed by atoms with Crippen LogP contribution >= 0.6 is 11.3 Å². The van der Waals surface area contributed by atoms with Crippen LogP contribution in [0.4, 0.5) is 5.69 Å². The molecule has 1 saturated heterocycles. The molecule has 0 spiro atoms. The Labute approximate surface area is 228 Å². The molecule has 1 aliphatic carbocycles. The second-order valence-corrected chi connectivity index (χ2v) is 16.1. The van der Waals surface area contributed by atoms with Gasteiger partial charge in [-0.15, -0.1) is 11.3 Å². The van der Waals surface area contributed by atoms with Crippen molar-refractivity contribution in [3.8, 4) is 0 Å². The molecule has 2 aliphatic heterocycles. The summed E-state index contributed by atoms with van der Waals surface area (Å²) in [5.74, 6) is -2.22. The Bertz CT molecular complexity index is 1420. The number of aromatic carboxylic acids is 2. The van der Waals surface area contributed by atoms with Gasteiger partial charge >= 0.3 is 11.9 Å². The van der Waals surface area contributed by atoms with Crippen molar-refractivity contribution in [1.29, 1.82) is 0 Å². The molecule has 0 saturated carbocycles. The first-order chi connectivity index (χ1) is 18.2. The number of allylic oxidation sites excluding steroid dienone is 5. The van der Waals surface area contributed by atoms with E-state index in [0.717, 1.165) is 72.7 Å². The van der Waals surface area contributed by atoms with Gasteiger partial charge in [-0.05, 0) is 76.7 Å². The van der Waals surface area contributed by atoms with Gasteiger partial charge in [-0.3, -0.25) is 4.99 Å². The van der Waals surface area contributed by atoms with Crippen molar-refractivity contribution in [3.05, 3.63) is 74.1 Å². The van der Waals surface area contributed by atoms with Gasteiger partial charge in [0.25, 0.3) is 0 Å². The molecular formula is C30H34N2O4SSi. The fourth-order valence-corrected chi connectivity index (χ4v) is 9.71. The Morgan fingerprint density at radius 3 is 2.47 bits per heavy atom. The van der Waals surface area contributed by atoms with E-state index >= 15 is 0 Å². The summed E-state index contributed by atoms with van der Waals surface area (Å²) in [6.07, 6.45) is 12.0. The molecule has 3 heterocycles. The minimum Gasteiger partial charge on any atom is -0.477 e. The van der Waals surface area contributed by atoms with Crippen LogP contribution in [0.3, 0.4) is 0 Å². The van der Waals surface area contributed by atoms with E-state index < -0.39 is 20.0 Å². The number of thiophene rings is 1. The van der Waals surface area contributed by atoms with Gasteiger partial charge in [-0.2, -0.15) is 0 Å². The quantitative estimate of drug-likeness (QED) is 0.307. The largest absolute Gasteiger partial charge is 0.477 e. The van der Waals surface area contributed by atoms with Crippen LogP contribution in [-0.4, -0.2) is 55.6 Å². The number of anilines is 1. The van der Waals surface area contributed by atoms with Gasteiger partial charge in [-0.1, -0.05) is 45.0 Å². The first kappa shape index (κ1) is 26.4. The molecule has 0 unspecified atom stereocenters. The molecule has 1 fully saturated rings. The molecule has 2 aromatic rings. The number of benzene rings is 1. The zero-order valence-corrected chi connectivity index (χ0v) is 24.0. The maximum Gasteiger partial charge on any atom is 0.346 e. The lowest BCUT2D eigenvalue weighted by molar-refractivity contribution is 0.0693. The van der Waals surface area contributed by atoms with Crippen molar-refractivity contribution in [2.75, 3.05) is 24.5 Å². The average molecular weight is 547 g/mol. The Balaban J connectivity index is 1.73. The number of aliphatic imine (C=N–C) groups is 1. The first-order valence-electron chi connectivity index (χ1n) is 13.4. The molecule has 2 N–H and O–H groups in total. The van der Waals surface area contributed by atoms with Crippen LogP contribution in [0.1, 0.15) is 69.5 Å². The van der Waals surface area contributed by atoms with E-state index in [1.54, 1.807) is 0 Å². The van der Waals surface area contributed by atoms with Crippen LogP contribution < -0.4 is 10.1 Å². The Morgan fingerprint density at radius 1 is 1.03 bits per heavy atom. The average Bonchev–Trinajstić information content (AvgIpc) is 3.58. The van der Waals surface area contributed by atoms with Crippen LogP contribution in [0.15, 0.2) is 58.3 Å². The van der Waals surface area contributed by atoms with Gasteiger partial charge in [-0.25, -0.2) is 9.59 Å². The van der Waals surface area contributed by atoms with Crippen LogP contribution in [0, 0.1) is 0 Å². The molecule has 0 bridgehead atoms. The van der Waals surface area contributed by atoms with Crippen LogP contribution in [0.2, 0.25) is 13.1 Å². The molecule has 0 amide bonds. The third-order valence-electron chi connectivity index (χ3n) is 7.83. The first-order valence-corrected chi connectivity index (χ1v) is 17.2. The highest BCUT2D eigenvalue weighted by Crippen LogP contribution is 2.44. The molecule has 3 aliphatic rings. The van der Waals surface area contributed by atoms with Gasteiger partial charge in [0.2, 0.25) is 0 Å². The van der Waals surface area contributed by atoms with E-state index in [-0.39, 0.29) is 9.75 Å². The van der Waals surface area contributed by atoms with E-state index in [1.165, 1.54) is 35.0 Å². The lowest BCUT2D eigenvalue weighted by Gasteiger charge is -2.38. The molecule has 1 aromatic heterocycles. The standard InChI is InChI=1S/C30H34N2O4SSi/c1-4-5-6-13-31-19-9-11-21-25(16-19)38(2,3)26-17-20(32-14-7-8-15-32)10-12-22(26)27(21)23-18-24(29(33)34)37-28(23)30(35)36/h9-12,16-18H,4-8,13-15H2,1-3H3,(H,33,34)(H,35,36)/b31-19-. The van der Waals surface area contributed by atoms with Crippen LogP contribution in [0.25, 0.3) is 5.57 Å². The van der Waals surface area contributed by atoms with Gasteiger partial charge in [0.1, 0.15) is 17.8 Å². The van der Waals surface area contributed by atoms with Crippen molar-refractivity contribution in [2.45, 2.75) is 52.1 Å². The minimum atomic E-state index is -2.20. The lowest BCUT2D eigenvalue weighted by atomic mass is 9.89. The Morgan fingerprint density at radius 2 is 1.79 bits per heavy atom. The smallest absolute Gasteiger partial charge is 0.346 e. The number of hydrogen-bond donors (Lipinski definition) is 2. The van der Waals surface area contributed by atoms with E-state index in [4.69, 9.17) is 4.99 Å². The predicted octanol–water partition coefficient (Wildman–Crippen LogP) is 6.14. The van der Waals surface area contributed by atoms with E-state index in [1.807, 2.05) is 6.08 Å². The fraction of sp³-hybridized carbons (Fsp3) is 0.367. The van der Waals surface area contributed by atoms with Crippen LogP contribution in [-0.2, 0) is 0 Å². The van der Waals surface area contributed by atoms with E-state index in [2.05, 4.69) is 55.3 Å². The maximum atomic E-state index is 12.3. The normalized spacial score (nSPS) is 19.0. The Hall–Kier alpha value is -3.23. The zero-order chi connectivity index (χ0) is 27.0. The molecule has 6 nitrogen and oxygen atoms in total. The van der Waals surface area contributed by atoms with Crippen LogP contribution in [0.5, 0.6) is 0 Å². The number of fused-ring (bicyclic) bond motifs is 2. The highest BCUT2D eigenvalue weighted by atomic mass is 32.1. The van der Waals surface area contributed by atoms with Gasteiger partial charge in [0, 0.05) is 30.9 Å². The fourth-order valence-electron chi connectivity index (χ4n) is 5.80. The minimum absolute atomic E-state index is 0.0336. The summed E-state index contributed by atoms with van der Waals surface area (Å²) in [5.41, 5.74) is 5.46. The van der Waals surface area contributed by atoms with Crippen molar-refractivity contribution in [3.63, 3.8) is 0 Å². The molecule has 1 aromatic carbocycles. The zero-order valence-electron chi connectivity index (χ0n) is 22.2. The highest BCUT2D eigenvalue weighted by molar-refractivity contribution is 7.16. The molecular weight excluding hydrogens is 512 g/mol. The molecule has 0 atom stereocenters. The molecule has 0 radical (unpaired) electrons. The summed E-state index contributed by atoms with van der Waals surface area (Å²) in [6, 6.07) is 8.12. The summed E-state index contributed by atoms with van der Waals surface area (Å²) in [5, 5.41) is 22.2. The second-order valence-electron chi connectivity index (χ2n) is 10.7. The van der Waals surface area contributed by atoms with E-state index in [0.29, 0.717) is 5.56 Å². The summed E-state index contributed by atoms with van der Waals surface area (Å²) >= 11 is 0.826. The maximum absolute atomic E-state index is 12.3. The lowest BCUT2D eigenvalue weighted by Crippen LogP contribution is -2.49. The summed E-state index contributed by atoms with van der Waals surface area (Å²) in [7, 11) is -2.20. The number of unbranched alkanes of at least 4 members (excludes halogenated alkanes) is 2. The van der Waals surface area contributed by atoms with Crippen molar-refractivity contribution < 1.29 is 19.8 Å². The topological polar surface area (TPSA) is 90.2 Å². The van der Waals surface area contributed by atoms with Gasteiger partial charge in [0.15, 0.2) is 0 Å². The number of carboxylic acids is 2. The predicted molar refractivity (Wildman–Crippen MR) is 158 cm³/mol. The monoisotopic (exact) mass is 546 g/mol. The van der Waals surface area contributed by atoms with E-state index in [9.17, 15) is 19.8 Å². The third kappa shape index (κ3) is 4.71. The SMILES string of the molecule is CCCCC/N=C1/C=CC2=C(c3cc(C(=O)O)sc3C(=O)O)c3ccc(N4CCCC4)cc3[Si](C)(C)C2=C1. The Kier molecular flexibility index (Phi) is 7.29. The molecule has 5 rings (SSSR count). The number of hydrogen-bond acceptors (Lipinski definition) is 5. The highest BCUT2D eigenvalue weighted by Gasteiger charge is 2.41. The summed E-state index contributed by atoms with van der Waals surface area (Å²) in [6.45, 7) is 9.77. The summed E-state index contributed by atoms with van der Waals surface area (Å²) < 4.78 is 0. The van der Waals surface area contributed by atoms with Gasteiger partial charge < -0.3 is 15.1 Å². The number of carboxylic acid groups (broad SMARTS) is 2. The molecule has 198 valence electrons. The second kappa shape index (κ2) is 10.5. The van der Waals surface area contributed by atoms with Crippen molar-refractivity contribution in [2.24, 2.45) is 4.99 Å². The number of carbonyl (C=O) groups is 2. The number of nitrogens with zero attached hydrogens (tertiary/aromatic N) is 2. The molecule has 8 heteroatoms. The summed E-state index contributed by atoms with van der Waals surface area (Å²) in [4.78, 5) is 31.5. The number of rotatable bonds is 8. The van der Waals surface area contributed by atoms with Gasteiger partial charge in [0.05, 0.1) is 5.71 Å². The molecule has 38 heavy (non-hydrogen) atoms. The third-order valence-corrected chi connectivity index (χ3v) is 12.5. The van der Waals surface area contributed by atoms with Crippen molar-refractivity contribution in [1.82, 2.24) is 0 Å².